The molecule has 38 heavy (non-hydrogen) atoms. The van der Waals surface area contributed by atoms with E-state index in [0.29, 0.717) is 29.4 Å². The summed E-state index contributed by atoms with van der Waals surface area (Å²) >= 11 is 6.39. The van der Waals surface area contributed by atoms with Crippen LogP contribution in [0.15, 0.2) is 66.7 Å². The highest BCUT2D eigenvalue weighted by atomic mass is 35.5. The Morgan fingerprint density at radius 2 is 1.89 bits per heavy atom. The highest BCUT2D eigenvalue weighted by Gasteiger charge is 2.38. The van der Waals surface area contributed by atoms with E-state index in [1.54, 1.807) is 35.2 Å². The molecule has 6 nitrogen and oxygen atoms in total. The number of ether oxygens (including phenoxy) is 1. The van der Waals surface area contributed by atoms with Gasteiger partial charge in [-0.25, -0.2) is 4.39 Å². The Labute approximate surface area is 233 Å². The summed E-state index contributed by atoms with van der Waals surface area (Å²) in [6.45, 7) is 4.85. The molecular weight excluding hydrogens is 528 g/mol. The van der Waals surface area contributed by atoms with E-state index in [2.05, 4.69) is 5.32 Å². The summed E-state index contributed by atoms with van der Waals surface area (Å²) in [6.07, 6.45) is -1.92. The molecule has 3 aromatic rings. The number of nitrogens with zero attached hydrogens (tertiary/aromatic N) is 1. The van der Waals surface area contributed by atoms with Crippen LogP contribution in [0.3, 0.4) is 0 Å². The Morgan fingerprint density at radius 3 is 2.61 bits per heavy atom. The van der Waals surface area contributed by atoms with Gasteiger partial charge in [0, 0.05) is 41.5 Å². The molecule has 4 rings (SSSR count). The molecule has 2 amide bonds. The van der Waals surface area contributed by atoms with Gasteiger partial charge in [-0.2, -0.15) is 0 Å². The van der Waals surface area contributed by atoms with Crippen molar-refractivity contribution in [3.05, 3.63) is 99.8 Å². The number of carbonyl (C=O) groups is 2. The second-order valence-electron chi connectivity index (χ2n) is 9.57. The third-order valence-corrected chi connectivity index (χ3v) is 6.48. The fourth-order valence-electron chi connectivity index (χ4n) is 4.48. The highest BCUT2D eigenvalue weighted by molar-refractivity contribution is 6.30. The monoisotopic (exact) mass is 559 g/mol. The van der Waals surface area contributed by atoms with Crippen molar-refractivity contribution < 1.29 is 18.7 Å². The zero-order valence-corrected chi connectivity index (χ0v) is 22.9. The third-order valence-electron chi connectivity index (χ3n) is 6.25. The van der Waals surface area contributed by atoms with Gasteiger partial charge in [-0.1, -0.05) is 67.9 Å². The molecule has 0 aliphatic carbocycles. The molecule has 3 N–H and O–H groups in total. The molecule has 2 unspecified atom stereocenters. The number of anilines is 1. The van der Waals surface area contributed by atoms with E-state index in [9.17, 15) is 14.0 Å². The molecule has 0 fully saturated rings. The van der Waals surface area contributed by atoms with Gasteiger partial charge in [0.05, 0.1) is 6.42 Å². The Balaban J connectivity index is 0.00000400. The van der Waals surface area contributed by atoms with Crippen LogP contribution in [-0.2, 0) is 27.4 Å². The van der Waals surface area contributed by atoms with Crippen LogP contribution in [0.2, 0.25) is 5.02 Å². The van der Waals surface area contributed by atoms with Gasteiger partial charge in [0.2, 0.25) is 5.91 Å². The summed E-state index contributed by atoms with van der Waals surface area (Å²) in [5.41, 5.74) is 9.40. The number of hydrogen-bond acceptors (Lipinski definition) is 4. The normalized spacial score (nSPS) is 17.0. The van der Waals surface area contributed by atoms with Crippen molar-refractivity contribution in [2.45, 2.75) is 45.6 Å². The molecule has 9 heteroatoms. The number of amides is 2. The fourth-order valence-corrected chi connectivity index (χ4v) is 4.66. The van der Waals surface area contributed by atoms with E-state index in [4.69, 9.17) is 22.1 Å². The summed E-state index contributed by atoms with van der Waals surface area (Å²) in [4.78, 5) is 28.4. The van der Waals surface area contributed by atoms with Gasteiger partial charge in [-0.15, -0.1) is 12.4 Å². The number of nitrogens with two attached hydrogens (primary N) is 1. The Morgan fingerprint density at radius 1 is 1.13 bits per heavy atom. The van der Waals surface area contributed by atoms with E-state index in [1.165, 1.54) is 6.07 Å². The van der Waals surface area contributed by atoms with Crippen LogP contribution in [0.1, 0.15) is 48.6 Å². The molecule has 0 saturated carbocycles. The topological polar surface area (TPSA) is 84.7 Å². The zero-order valence-electron chi connectivity index (χ0n) is 21.3. The van der Waals surface area contributed by atoms with E-state index in [1.807, 2.05) is 44.2 Å². The molecule has 0 aromatic heterocycles. The summed E-state index contributed by atoms with van der Waals surface area (Å²) in [7, 11) is 0. The zero-order chi connectivity index (χ0) is 26.5. The van der Waals surface area contributed by atoms with E-state index >= 15 is 0 Å². The smallest absolute Gasteiger partial charge is 0.256 e. The fraction of sp³-hybridized carbons (Fsp3) is 0.310. The number of benzene rings is 3. The summed E-state index contributed by atoms with van der Waals surface area (Å²) in [5, 5.41) is 3.23. The first-order valence-corrected chi connectivity index (χ1v) is 12.7. The van der Waals surface area contributed by atoms with Gasteiger partial charge in [0.25, 0.3) is 5.91 Å². The van der Waals surface area contributed by atoms with Gasteiger partial charge >= 0.3 is 0 Å². The van der Waals surface area contributed by atoms with Gasteiger partial charge in [0.15, 0.2) is 0 Å². The maximum Gasteiger partial charge on any atom is 0.256 e. The number of rotatable bonds is 8. The number of carbonyl (C=O) groups excluding carboxylic acids is 2. The lowest BCUT2D eigenvalue weighted by Crippen LogP contribution is -2.43. The number of hydrogen-bond donors (Lipinski definition) is 2. The lowest BCUT2D eigenvalue weighted by atomic mass is 9.97. The standard InChI is InChI=1S/C29H31ClFN3O3.ClH/c1-18(2)17-34-25-11-10-22(30)13-23(25)28(20-8-5-6-19(12-20)15-32)37-26(29(34)36)14-27(35)33-16-21-7-3-4-9-24(21)31;/h3-13,18,26,28H,14-17,32H2,1-2H3,(H,33,35);1H. The lowest BCUT2D eigenvalue weighted by Gasteiger charge is -2.26. The molecule has 3 aromatic carbocycles. The summed E-state index contributed by atoms with van der Waals surface area (Å²) < 4.78 is 20.4. The Hall–Kier alpha value is -2.97. The second kappa shape index (κ2) is 13.2. The van der Waals surface area contributed by atoms with Crippen LogP contribution in [-0.4, -0.2) is 24.5 Å². The Kier molecular flexibility index (Phi) is 10.3. The van der Waals surface area contributed by atoms with Crippen LogP contribution in [0.25, 0.3) is 0 Å². The minimum Gasteiger partial charge on any atom is -0.355 e. The second-order valence-corrected chi connectivity index (χ2v) is 10.0. The molecule has 1 aliphatic rings. The number of halogens is 3. The lowest BCUT2D eigenvalue weighted by molar-refractivity contribution is -0.138. The Bertz CT molecular complexity index is 1290. The van der Waals surface area contributed by atoms with Gasteiger partial charge in [-0.3, -0.25) is 9.59 Å². The van der Waals surface area contributed by atoms with Gasteiger partial charge in [0.1, 0.15) is 18.0 Å². The van der Waals surface area contributed by atoms with Crippen molar-refractivity contribution in [1.29, 1.82) is 0 Å². The average Bonchev–Trinajstić information content (AvgIpc) is 2.98. The summed E-state index contributed by atoms with van der Waals surface area (Å²) in [6, 6.07) is 19.3. The predicted octanol–water partition coefficient (Wildman–Crippen LogP) is 5.54. The van der Waals surface area contributed by atoms with Gasteiger partial charge in [-0.05, 0) is 41.3 Å². The van der Waals surface area contributed by atoms with Crippen LogP contribution >= 0.6 is 24.0 Å². The molecule has 0 radical (unpaired) electrons. The van der Waals surface area contributed by atoms with Crippen LogP contribution < -0.4 is 16.0 Å². The number of fused-ring (bicyclic) bond motifs is 1. The molecule has 0 saturated heterocycles. The van der Waals surface area contributed by atoms with Crippen LogP contribution in [0, 0.1) is 11.7 Å². The van der Waals surface area contributed by atoms with Crippen LogP contribution in [0.4, 0.5) is 10.1 Å². The van der Waals surface area contributed by atoms with Crippen LogP contribution in [0.5, 0.6) is 0 Å². The molecule has 0 bridgehead atoms. The first-order valence-electron chi connectivity index (χ1n) is 12.3. The van der Waals surface area contributed by atoms with E-state index in [0.717, 1.165) is 16.7 Å². The van der Waals surface area contributed by atoms with Crippen molar-refractivity contribution in [2.24, 2.45) is 11.7 Å². The first-order chi connectivity index (χ1) is 17.8. The largest absolute Gasteiger partial charge is 0.355 e. The van der Waals surface area contributed by atoms with Crippen molar-refractivity contribution in [3.8, 4) is 0 Å². The molecule has 2 atom stereocenters. The molecule has 202 valence electrons. The quantitative estimate of drug-likeness (QED) is 0.379. The van der Waals surface area contributed by atoms with E-state index < -0.39 is 23.9 Å². The van der Waals surface area contributed by atoms with E-state index in [-0.39, 0.29) is 37.2 Å². The van der Waals surface area contributed by atoms with Gasteiger partial charge < -0.3 is 20.7 Å². The SMILES string of the molecule is CC(C)CN1C(=O)C(CC(=O)NCc2ccccc2F)OC(c2cccc(CN)c2)c2cc(Cl)ccc21.Cl. The minimum absolute atomic E-state index is 0. The van der Waals surface area contributed by atoms with Crippen molar-refractivity contribution in [1.82, 2.24) is 5.32 Å². The molecule has 0 spiro atoms. The average molecular weight is 560 g/mol. The minimum atomic E-state index is -1.06. The third kappa shape index (κ3) is 6.91. The molecular formula is C29H32Cl2FN3O3. The highest BCUT2D eigenvalue weighted by Crippen LogP contribution is 2.40. The predicted molar refractivity (Wildman–Crippen MR) is 150 cm³/mol. The van der Waals surface area contributed by atoms with Crippen molar-refractivity contribution >= 4 is 41.5 Å². The number of nitrogens with one attached hydrogen (secondary N) is 1. The maximum absolute atomic E-state index is 14.0. The molecule has 1 heterocycles. The molecule has 1 aliphatic heterocycles. The maximum atomic E-state index is 14.0. The van der Waals surface area contributed by atoms with Crippen molar-refractivity contribution in [2.75, 3.05) is 11.4 Å². The first kappa shape index (κ1) is 29.6. The summed E-state index contributed by atoms with van der Waals surface area (Å²) in [5.74, 6) is -0.958. The van der Waals surface area contributed by atoms with Crippen molar-refractivity contribution in [3.63, 3.8) is 0 Å².